The van der Waals surface area contributed by atoms with Crippen molar-refractivity contribution in [2.45, 2.75) is 45.7 Å². The molecule has 8 nitrogen and oxygen atoms in total. The lowest BCUT2D eigenvalue weighted by Crippen LogP contribution is -2.38. The van der Waals surface area contributed by atoms with E-state index in [1.54, 1.807) is 16.5 Å². The standard InChI is InChI=1S/C26H32F2N6O2/c1-3-25(35)33-14-7-12-31(2)11-6-13-32(18-19-16-20(27)21(28)17-24(19)33)26(36)10-15-34-23-9-5-4-8-22(23)29-30-34/h4-5,8-9,16-17H,3,6-7,10-15,18H2,1-2H3. The van der Waals surface area contributed by atoms with Crippen LogP contribution in [0.1, 0.15) is 38.2 Å². The van der Waals surface area contributed by atoms with Crippen molar-refractivity contribution in [3.8, 4) is 0 Å². The molecule has 0 fully saturated rings. The third-order valence-electron chi connectivity index (χ3n) is 6.58. The van der Waals surface area contributed by atoms with Gasteiger partial charge in [0.1, 0.15) is 5.52 Å². The predicted molar refractivity (Wildman–Crippen MR) is 133 cm³/mol. The van der Waals surface area contributed by atoms with Crippen molar-refractivity contribution in [3.63, 3.8) is 0 Å². The third-order valence-corrected chi connectivity index (χ3v) is 6.58. The number of carbonyl (C=O) groups is 2. The summed E-state index contributed by atoms with van der Waals surface area (Å²) in [6.45, 7) is 4.56. The van der Waals surface area contributed by atoms with Crippen molar-refractivity contribution in [3.05, 3.63) is 53.6 Å². The van der Waals surface area contributed by atoms with Crippen molar-refractivity contribution in [1.82, 2.24) is 24.8 Å². The summed E-state index contributed by atoms with van der Waals surface area (Å²) in [7, 11) is 2.00. The molecule has 3 aromatic rings. The zero-order valence-corrected chi connectivity index (χ0v) is 20.8. The van der Waals surface area contributed by atoms with Crippen molar-refractivity contribution in [2.24, 2.45) is 0 Å². The van der Waals surface area contributed by atoms with Crippen LogP contribution in [0.2, 0.25) is 0 Å². The molecule has 0 aliphatic carbocycles. The van der Waals surface area contributed by atoms with Gasteiger partial charge < -0.3 is 14.7 Å². The summed E-state index contributed by atoms with van der Waals surface area (Å²) in [5, 5.41) is 8.29. The maximum atomic E-state index is 14.3. The number of fused-ring (bicyclic) bond motifs is 2. The van der Waals surface area contributed by atoms with E-state index >= 15 is 0 Å². The Morgan fingerprint density at radius 1 is 0.972 bits per heavy atom. The highest BCUT2D eigenvalue weighted by Gasteiger charge is 2.24. The number of amides is 2. The number of carbonyl (C=O) groups excluding carboxylic acids is 2. The lowest BCUT2D eigenvalue weighted by atomic mass is 10.1. The van der Waals surface area contributed by atoms with E-state index in [-0.39, 0.29) is 31.2 Å². The molecule has 0 N–H and O–H groups in total. The second kappa shape index (κ2) is 11.6. The van der Waals surface area contributed by atoms with Crippen LogP contribution in [-0.4, -0.2) is 69.8 Å². The summed E-state index contributed by atoms with van der Waals surface area (Å²) in [5.41, 5.74) is 2.34. The first kappa shape index (κ1) is 25.7. The highest BCUT2D eigenvalue weighted by Crippen LogP contribution is 2.27. The molecule has 2 aromatic carbocycles. The Morgan fingerprint density at radius 3 is 2.47 bits per heavy atom. The van der Waals surface area contributed by atoms with Crippen LogP contribution in [0.15, 0.2) is 36.4 Å². The number of nitrogens with zero attached hydrogens (tertiary/aromatic N) is 6. The average molecular weight is 499 g/mol. The lowest BCUT2D eigenvalue weighted by Gasteiger charge is -2.31. The van der Waals surface area contributed by atoms with Gasteiger partial charge in [-0.25, -0.2) is 13.5 Å². The summed E-state index contributed by atoms with van der Waals surface area (Å²) in [5.74, 6) is -2.30. The molecule has 0 spiro atoms. The van der Waals surface area contributed by atoms with Crippen molar-refractivity contribution in [1.29, 1.82) is 0 Å². The third kappa shape index (κ3) is 5.87. The van der Waals surface area contributed by atoms with E-state index in [0.29, 0.717) is 37.3 Å². The van der Waals surface area contributed by atoms with Crippen molar-refractivity contribution < 1.29 is 18.4 Å². The maximum absolute atomic E-state index is 14.3. The first-order valence-corrected chi connectivity index (χ1v) is 12.4. The minimum Gasteiger partial charge on any atom is -0.338 e. The quantitative estimate of drug-likeness (QED) is 0.550. The fourth-order valence-corrected chi connectivity index (χ4v) is 4.61. The normalized spacial score (nSPS) is 15.9. The molecule has 0 saturated heterocycles. The van der Waals surface area contributed by atoms with E-state index in [9.17, 15) is 18.4 Å². The minimum atomic E-state index is -1.01. The summed E-state index contributed by atoms with van der Waals surface area (Å²) in [4.78, 5) is 31.5. The molecule has 2 heterocycles. The smallest absolute Gasteiger partial charge is 0.226 e. The van der Waals surface area contributed by atoms with Crippen LogP contribution < -0.4 is 4.90 Å². The number of halogens is 2. The van der Waals surface area contributed by atoms with Gasteiger partial charge in [0.25, 0.3) is 0 Å². The highest BCUT2D eigenvalue weighted by atomic mass is 19.2. The number of aryl methyl sites for hydroxylation is 1. The molecule has 0 saturated carbocycles. The Bertz CT molecular complexity index is 1230. The van der Waals surface area contributed by atoms with Crippen LogP contribution in [-0.2, 0) is 22.7 Å². The number of hydrogen-bond acceptors (Lipinski definition) is 5. The molecule has 192 valence electrons. The fourth-order valence-electron chi connectivity index (χ4n) is 4.61. The maximum Gasteiger partial charge on any atom is 0.226 e. The Morgan fingerprint density at radius 2 is 1.69 bits per heavy atom. The van der Waals surface area contributed by atoms with E-state index in [4.69, 9.17) is 0 Å². The highest BCUT2D eigenvalue weighted by molar-refractivity contribution is 5.94. The molecule has 36 heavy (non-hydrogen) atoms. The van der Waals surface area contributed by atoms with Crippen LogP contribution in [0.4, 0.5) is 14.5 Å². The molecule has 4 rings (SSSR count). The van der Waals surface area contributed by atoms with E-state index in [0.717, 1.165) is 42.7 Å². The van der Waals surface area contributed by atoms with Crippen LogP contribution in [0.5, 0.6) is 0 Å². The van der Waals surface area contributed by atoms with Crippen molar-refractivity contribution in [2.75, 3.05) is 38.1 Å². The largest absolute Gasteiger partial charge is 0.338 e. The fraction of sp³-hybridized carbons (Fsp3) is 0.462. The molecule has 0 radical (unpaired) electrons. The number of para-hydroxylation sites is 1. The summed E-state index contributed by atoms with van der Waals surface area (Å²) < 4.78 is 30.3. The molecule has 10 heteroatoms. The van der Waals surface area contributed by atoms with Gasteiger partial charge >= 0.3 is 0 Å². The second-order valence-corrected chi connectivity index (χ2v) is 9.17. The van der Waals surface area contributed by atoms with Crippen LogP contribution in [0.25, 0.3) is 11.0 Å². The Balaban J connectivity index is 1.61. The van der Waals surface area contributed by atoms with Gasteiger partial charge in [-0.15, -0.1) is 5.10 Å². The predicted octanol–water partition coefficient (Wildman–Crippen LogP) is 3.60. The number of anilines is 1. The zero-order valence-electron chi connectivity index (χ0n) is 20.8. The number of hydrogen-bond donors (Lipinski definition) is 0. The number of aromatic nitrogens is 3. The van der Waals surface area contributed by atoms with Crippen LogP contribution in [0.3, 0.4) is 0 Å². The van der Waals surface area contributed by atoms with Gasteiger partial charge in [-0.1, -0.05) is 24.3 Å². The summed E-state index contributed by atoms with van der Waals surface area (Å²) in [6, 6.07) is 9.73. The lowest BCUT2D eigenvalue weighted by molar-refractivity contribution is -0.132. The van der Waals surface area contributed by atoms with Gasteiger partial charge in [-0.3, -0.25) is 9.59 Å². The molecule has 2 amide bonds. The first-order valence-electron chi connectivity index (χ1n) is 12.4. The average Bonchev–Trinajstić information content (AvgIpc) is 3.28. The molecule has 1 aliphatic heterocycles. The first-order chi connectivity index (χ1) is 17.4. The number of rotatable bonds is 4. The monoisotopic (exact) mass is 498 g/mol. The van der Waals surface area contributed by atoms with E-state index in [2.05, 4.69) is 15.2 Å². The Kier molecular flexibility index (Phi) is 8.25. The Hall–Kier alpha value is -3.40. The molecule has 1 aliphatic rings. The van der Waals surface area contributed by atoms with E-state index in [1.165, 1.54) is 4.90 Å². The zero-order chi connectivity index (χ0) is 25.7. The molecular weight excluding hydrogens is 466 g/mol. The summed E-state index contributed by atoms with van der Waals surface area (Å²) >= 11 is 0. The van der Waals surface area contributed by atoms with Gasteiger partial charge in [-0.2, -0.15) is 0 Å². The molecule has 1 aromatic heterocycles. The van der Waals surface area contributed by atoms with Gasteiger partial charge in [0.2, 0.25) is 11.8 Å². The van der Waals surface area contributed by atoms with Crippen LogP contribution >= 0.6 is 0 Å². The van der Waals surface area contributed by atoms with Gasteiger partial charge in [0.15, 0.2) is 11.6 Å². The van der Waals surface area contributed by atoms with E-state index < -0.39 is 11.6 Å². The van der Waals surface area contributed by atoms with E-state index in [1.807, 2.05) is 31.3 Å². The molecule has 0 atom stereocenters. The topological polar surface area (TPSA) is 74.6 Å². The van der Waals surface area contributed by atoms with Crippen LogP contribution in [0, 0.1) is 11.6 Å². The second-order valence-electron chi connectivity index (χ2n) is 9.17. The molecular formula is C26H32F2N6O2. The molecule has 0 unspecified atom stereocenters. The van der Waals surface area contributed by atoms with Gasteiger partial charge in [-0.05, 0) is 56.7 Å². The van der Waals surface area contributed by atoms with Crippen molar-refractivity contribution >= 4 is 28.5 Å². The molecule has 0 bridgehead atoms. The van der Waals surface area contributed by atoms with Gasteiger partial charge in [0.05, 0.1) is 17.7 Å². The summed E-state index contributed by atoms with van der Waals surface area (Å²) in [6.07, 6.45) is 1.86. The number of benzene rings is 2. The SMILES string of the molecule is CCC(=O)N1CCCN(C)CCCN(C(=O)CCn2nnc3ccccc32)Cc2cc(F)c(F)cc21. The van der Waals surface area contributed by atoms with Gasteiger partial charge in [0, 0.05) is 38.5 Å². The Labute approximate surface area is 209 Å². The minimum absolute atomic E-state index is 0.0840.